The van der Waals surface area contributed by atoms with Crippen molar-refractivity contribution in [2.24, 2.45) is 7.05 Å². The first-order valence-corrected chi connectivity index (χ1v) is 12.2. The van der Waals surface area contributed by atoms with Crippen molar-refractivity contribution in [2.75, 3.05) is 0 Å². The summed E-state index contributed by atoms with van der Waals surface area (Å²) < 4.78 is 5.46. The lowest BCUT2D eigenvalue weighted by molar-refractivity contribution is 0.613. The number of thioether (sulfide) groups is 1. The Morgan fingerprint density at radius 3 is 2.61 bits per heavy atom. The normalized spacial score (nSPS) is 11.5. The molecule has 0 saturated heterocycles. The Bertz CT molecular complexity index is 1400. The van der Waals surface area contributed by atoms with Crippen molar-refractivity contribution >= 4 is 22.9 Å². The Hall–Kier alpha value is -3.14. The monoisotopic (exact) mass is 467 g/mol. The molecular formula is C23H29N7O2S. The highest BCUT2D eigenvalue weighted by atomic mass is 32.2. The van der Waals surface area contributed by atoms with E-state index in [2.05, 4.69) is 57.6 Å². The molecule has 0 radical (unpaired) electrons. The lowest BCUT2D eigenvalue weighted by Gasteiger charge is -2.09. The minimum absolute atomic E-state index is 0.412. The van der Waals surface area contributed by atoms with E-state index in [1.54, 1.807) is 9.13 Å². The molecule has 0 aliphatic carbocycles. The number of hydrogen-bond acceptors (Lipinski definition) is 6. The van der Waals surface area contributed by atoms with Crippen molar-refractivity contribution in [1.29, 1.82) is 0 Å². The number of nitrogens with one attached hydrogen (secondary N) is 1. The average Bonchev–Trinajstić information content (AvgIpc) is 3.33. The van der Waals surface area contributed by atoms with Crippen molar-refractivity contribution in [3.05, 3.63) is 56.5 Å². The summed E-state index contributed by atoms with van der Waals surface area (Å²) in [5.41, 5.74) is 2.24. The van der Waals surface area contributed by atoms with Gasteiger partial charge in [-0.25, -0.2) is 9.78 Å². The maximum absolute atomic E-state index is 12.5. The first-order chi connectivity index (χ1) is 15.9. The highest BCUT2D eigenvalue weighted by molar-refractivity contribution is 7.98. The molecule has 3 heterocycles. The first-order valence-electron chi connectivity index (χ1n) is 11.3. The van der Waals surface area contributed by atoms with Crippen LogP contribution < -0.4 is 11.2 Å². The quantitative estimate of drug-likeness (QED) is 0.378. The number of aromatic nitrogens is 7. The van der Waals surface area contributed by atoms with Gasteiger partial charge in [-0.2, -0.15) is 0 Å². The van der Waals surface area contributed by atoms with Gasteiger partial charge >= 0.3 is 5.69 Å². The fourth-order valence-corrected chi connectivity index (χ4v) is 4.84. The van der Waals surface area contributed by atoms with Gasteiger partial charge < -0.3 is 9.13 Å². The second kappa shape index (κ2) is 9.78. The number of rotatable bonds is 9. The Morgan fingerprint density at radius 2 is 1.88 bits per heavy atom. The number of H-pyrrole nitrogens is 1. The lowest BCUT2D eigenvalue weighted by Crippen LogP contribution is -2.31. The molecule has 1 N–H and O–H groups in total. The van der Waals surface area contributed by atoms with Crippen molar-refractivity contribution < 1.29 is 0 Å². The Kier molecular flexibility index (Phi) is 6.83. The van der Waals surface area contributed by atoms with Gasteiger partial charge in [0.1, 0.15) is 5.82 Å². The maximum atomic E-state index is 12.5. The molecule has 0 bridgehead atoms. The molecule has 33 heavy (non-hydrogen) atoms. The summed E-state index contributed by atoms with van der Waals surface area (Å²) in [6.45, 7) is 7.58. The van der Waals surface area contributed by atoms with E-state index in [4.69, 9.17) is 0 Å². The molecule has 0 aliphatic heterocycles. The van der Waals surface area contributed by atoms with E-state index < -0.39 is 11.2 Å². The third-order valence-corrected chi connectivity index (χ3v) is 6.57. The Balaban J connectivity index is 1.68. The van der Waals surface area contributed by atoms with Gasteiger partial charge in [0.2, 0.25) is 0 Å². The average molecular weight is 468 g/mol. The molecule has 0 unspecified atom stereocenters. The van der Waals surface area contributed by atoms with Crippen LogP contribution in [0.4, 0.5) is 0 Å². The topological polar surface area (TPSA) is 103 Å². The fourth-order valence-electron chi connectivity index (χ4n) is 3.89. The summed E-state index contributed by atoms with van der Waals surface area (Å²) >= 11 is 1.53. The summed E-state index contributed by atoms with van der Waals surface area (Å²) in [4.78, 5) is 32.0. The highest BCUT2D eigenvalue weighted by Crippen LogP contribution is 2.27. The van der Waals surface area contributed by atoms with E-state index in [0.717, 1.165) is 42.4 Å². The molecule has 0 amide bonds. The predicted octanol–water partition coefficient (Wildman–Crippen LogP) is 3.49. The third kappa shape index (κ3) is 4.52. The van der Waals surface area contributed by atoms with Gasteiger partial charge in [0.05, 0.1) is 5.75 Å². The standard InChI is InChI=1S/C23H29N7O2S/c1-5-7-12-29-20-18(21(31)25-22(29)32)28(4)17(24-20)14-33-23-27-26-19(30(23)11-6-2)16-10-8-9-15(3)13-16/h8-10,13H,5-7,11-12,14H2,1-4H3,(H,25,31,32). The Morgan fingerprint density at radius 1 is 1.06 bits per heavy atom. The van der Waals surface area contributed by atoms with Crippen molar-refractivity contribution in [3.63, 3.8) is 0 Å². The van der Waals surface area contributed by atoms with Crippen LogP contribution >= 0.6 is 11.8 Å². The molecule has 1 aromatic carbocycles. The van der Waals surface area contributed by atoms with E-state index in [-0.39, 0.29) is 0 Å². The molecule has 0 fully saturated rings. The number of imidazole rings is 1. The summed E-state index contributed by atoms with van der Waals surface area (Å²) in [7, 11) is 1.81. The van der Waals surface area contributed by atoms with Crippen molar-refractivity contribution in [3.8, 4) is 11.4 Å². The van der Waals surface area contributed by atoms with Crippen LogP contribution in [0.3, 0.4) is 0 Å². The van der Waals surface area contributed by atoms with Gasteiger partial charge in [-0.3, -0.25) is 14.3 Å². The van der Waals surface area contributed by atoms with Crippen LogP contribution in [0, 0.1) is 6.92 Å². The zero-order chi connectivity index (χ0) is 23.5. The van der Waals surface area contributed by atoms with Crippen LogP contribution in [0.15, 0.2) is 39.0 Å². The highest BCUT2D eigenvalue weighted by Gasteiger charge is 2.19. The smallest absolute Gasteiger partial charge is 0.325 e. The molecule has 0 spiro atoms. The second-order valence-corrected chi connectivity index (χ2v) is 9.08. The van der Waals surface area contributed by atoms with Crippen LogP contribution in [0.5, 0.6) is 0 Å². The van der Waals surface area contributed by atoms with Gasteiger partial charge in [0, 0.05) is 25.7 Å². The van der Waals surface area contributed by atoms with E-state index in [1.165, 1.54) is 17.3 Å². The van der Waals surface area contributed by atoms with Crippen molar-refractivity contribution in [1.82, 2.24) is 33.9 Å². The number of nitrogens with zero attached hydrogens (tertiary/aromatic N) is 6. The third-order valence-electron chi connectivity index (χ3n) is 5.61. The van der Waals surface area contributed by atoms with Crippen LogP contribution in [0.2, 0.25) is 0 Å². The number of aromatic amines is 1. The molecule has 9 nitrogen and oxygen atoms in total. The molecule has 0 atom stereocenters. The van der Waals surface area contributed by atoms with Gasteiger partial charge in [0.25, 0.3) is 5.56 Å². The molecule has 174 valence electrons. The van der Waals surface area contributed by atoms with Gasteiger partial charge in [-0.05, 0) is 25.8 Å². The van der Waals surface area contributed by atoms with Gasteiger partial charge in [-0.15, -0.1) is 10.2 Å². The zero-order valence-corrected chi connectivity index (χ0v) is 20.3. The first kappa shape index (κ1) is 23.0. The zero-order valence-electron chi connectivity index (χ0n) is 19.5. The van der Waals surface area contributed by atoms with Crippen LogP contribution in [-0.2, 0) is 25.9 Å². The Labute approximate surface area is 195 Å². The van der Waals surface area contributed by atoms with Crippen LogP contribution in [-0.4, -0.2) is 33.9 Å². The maximum Gasteiger partial charge on any atom is 0.330 e. The molecular weight excluding hydrogens is 438 g/mol. The largest absolute Gasteiger partial charge is 0.330 e. The number of unbranched alkanes of at least 4 members (excludes halogenated alkanes) is 1. The predicted molar refractivity (Wildman–Crippen MR) is 131 cm³/mol. The van der Waals surface area contributed by atoms with E-state index in [9.17, 15) is 9.59 Å². The fraction of sp³-hybridized carbons (Fsp3) is 0.435. The summed E-state index contributed by atoms with van der Waals surface area (Å²) in [6, 6.07) is 8.24. The molecule has 0 saturated carbocycles. The van der Waals surface area contributed by atoms with Gasteiger partial charge in [0.15, 0.2) is 22.1 Å². The summed E-state index contributed by atoms with van der Waals surface area (Å²) in [6.07, 6.45) is 2.73. The number of benzene rings is 1. The van der Waals surface area contributed by atoms with Crippen molar-refractivity contribution in [2.45, 2.75) is 64.0 Å². The number of hydrogen-bond donors (Lipinski definition) is 1. The lowest BCUT2D eigenvalue weighted by atomic mass is 10.1. The van der Waals surface area contributed by atoms with Crippen LogP contribution in [0.1, 0.15) is 44.5 Å². The van der Waals surface area contributed by atoms with Gasteiger partial charge in [-0.1, -0.05) is 55.8 Å². The summed E-state index contributed by atoms with van der Waals surface area (Å²) in [5, 5.41) is 9.71. The van der Waals surface area contributed by atoms with Crippen LogP contribution in [0.25, 0.3) is 22.6 Å². The van der Waals surface area contributed by atoms with E-state index >= 15 is 0 Å². The molecule has 4 aromatic rings. The van der Waals surface area contributed by atoms with E-state index in [1.807, 2.05) is 19.2 Å². The number of fused-ring (bicyclic) bond motifs is 1. The second-order valence-electron chi connectivity index (χ2n) is 8.14. The molecule has 0 aliphatic rings. The minimum atomic E-state index is -0.413. The molecule has 10 heteroatoms. The summed E-state index contributed by atoms with van der Waals surface area (Å²) in [5.74, 6) is 2.06. The number of aryl methyl sites for hydroxylation is 3. The molecule has 3 aromatic heterocycles. The minimum Gasteiger partial charge on any atom is -0.325 e. The molecule has 4 rings (SSSR count). The van der Waals surface area contributed by atoms with E-state index in [0.29, 0.717) is 29.3 Å². The SMILES string of the molecule is CCCCn1c(=O)[nH]c(=O)c2c1nc(CSc1nnc(-c3cccc(C)c3)n1CCC)n2C.